The third-order valence-corrected chi connectivity index (χ3v) is 4.76. The summed E-state index contributed by atoms with van der Waals surface area (Å²) in [6.45, 7) is 3.24. The van der Waals surface area contributed by atoms with E-state index in [-0.39, 0.29) is 12.5 Å². The molecule has 0 aromatic heterocycles. The lowest BCUT2D eigenvalue weighted by molar-refractivity contribution is -0.118. The second-order valence-corrected chi connectivity index (χ2v) is 7.10. The Labute approximate surface area is 183 Å². The first-order chi connectivity index (χ1) is 15.1. The van der Waals surface area contributed by atoms with E-state index in [0.717, 1.165) is 28.1 Å². The van der Waals surface area contributed by atoms with Gasteiger partial charge in [-0.25, -0.2) is 0 Å². The second kappa shape index (κ2) is 11.0. The summed E-state index contributed by atoms with van der Waals surface area (Å²) in [4.78, 5) is 12.2. The lowest BCUT2D eigenvalue weighted by atomic mass is 10.1. The molecule has 3 aromatic carbocycles. The summed E-state index contributed by atoms with van der Waals surface area (Å²) >= 11 is 0. The van der Waals surface area contributed by atoms with Crippen LogP contribution in [0.15, 0.2) is 66.7 Å². The number of hydrogen-bond acceptors (Lipinski definition) is 5. The standard InChI is InChI=1S/C25H28N2O4/c1-18-8-11-21(12-9-18)27-25(28)17-31-23-13-10-19(14-24(23)30-3)15-26-16-20-6-4-5-7-22(20)29-2/h4-14,26H,15-17H2,1-3H3,(H,27,28). The normalized spacial score (nSPS) is 10.4. The van der Waals surface area contributed by atoms with Crippen LogP contribution in [0.25, 0.3) is 0 Å². The first kappa shape index (κ1) is 22.2. The number of benzene rings is 3. The van der Waals surface area contributed by atoms with Crippen LogP contribution < -0.4 is 24.8 Å². The fourth-order valence-corrected chi connectivity index (χ4v) is 3.11. The lowest BCUT2D eigenvalue weighted by Gasteiger charge is -2.13. The number of ether oxygens (including phenoxy) is 3. The van der Waals surface area contributed by atoms with E-state index in [9.17, 15) is 4.79 Å². The summed E-state index contributed by atoms with van der Waals surface area (Å²) in [6.07, 6.45) is 0. The van der Waals surface area contributed by atoms with Crippen LogP contribution in [0.2, 0.25) is 0 Å². The molecule has 0 bridgehead atoms. The second-order valence-electron chi connectivity index (χ2n) is 7.10. The Morgan fingerprint density at radius 2 is 1.58 bits per heavy atom. The smallest absolute Gasteiger partial charge is 0.262 e. The molecular formula is C25H28N2O4. The van der Waals surface area contributed by atoms with Crippen molar-refractivity contribution in [3.05, 3.63) is 83.4 Å². The van der Waals surface area contributed by atoms with Crippen molar-refractivity contribution < 1.29 is 19.0 Å². The molecule has 0 aliphatic carbocycles. The Hall–Kier alpha value is -3.51. The quantitative estimate of drug-likeness (QED) is 0.511. The van der Waals surface area contributed by atoms with Crippen molar-refractivity contribution in [1.82, 2.24) is 5.32 Å². The molecule has 31 heavy (non-hydrogen) atoms. The summed E-state index contributed by atoms with van der Waals surface area (Å²) < 4.78 is 16.5. The van der Waals surface area contributed by atoms with Gasteiger partial charge in [0.1, 0.15) is 5.75 Å². The molecule has 0 radical (unpaired) electrons. The Morgan fingerprint density at radius 3 is 2.32 bits per heavy atom. The number of aryl methyl sites for hydroxylation is 1. The average Bonchev–Trinajstić information content (AvgIpc) is 2.80. The molecule has 2 N–H and O–H groups in total. The molecule has 0 aliphatic heterocycles. The highest BCUT2D eigenvalue weighted by Crippen LogP contribution is 2.28. The molecule has 0 unspecified atom stereocenters. The predicted octanol–water partition coefficient (Wildman–Crippen LogP) is 4.32. The number of carbonyl (C=O) groups is 1. The number of anilines is 1. The maximum Gasteiger partial charge on any atom is 0.262 e. The van der Waals surface area contributed by atoms with Crippen LogP contribution in [0.1, 0.15) is 16.7 Å². The molecule has 0 aliphatic rings. The van der Waals surface area contributed by atoms with Crippen LogP contribution in [-0.2, 0) is 17.9 Å². The van der Waals surface area contributed by atoms with Gasteiger partial charge < -0.3 is 24.8 Å². The van der Waals surface area contributed by atoms with Gasteiger partial charge in [-0.1, -0.05) is 42.0 Å². The Bertz CT molecular complexity index is 1000. The third kappa shape index (κ3) is 6.49. The Balaban J connectivity index is 1.53. The van der Waals surface area contributed by atoms with Gasteiger partial charge in [-0.3, -0.25) is 4.79 Å². The fraction of sp³-hybridized carbons (Fsp3) is 0.240. The van der Waals surface area contributed by atoms with Gasteiger partial charge >= 0.3 is 0 Å². The maximum absolute atomic E-state index is 12.2. The first-order valence-corrected chi connectivity index (χ1v) is 10.1. The van der Waals surface area contributed by atoms with Gasteiger partial charge in [0.25, 0.3) is 5.91 Å². The van der Waals surface area contributed by atoms with Crippen molar-refractivity contribution in [2.24, 2.45) is 0 Å². The van der Waals surface area contributed by atoms with Gasteiger partial charge in [0.05, 0.1) is 14.2 Å². The van der Waals surface area contributed by atoms with Gasteiger partial charge in [-0.2, -0.15) is 0 Å². The fourth-order valence-electron chi connectivity index (χ4n) is 3.11. The zero-order chi connectivity index (χ0) is 22.1. The molecule has 3 aromatic rings. The minimum Gasteiger partial charge on any atom is -0.496 e. The highest BCUT2D eigenvalue weighted by Gasteiger charge is 2.10. The van der Waals surface area contributed by atoms with Crippen LogP contribution >= 0.6 is 0 Å². The predicted molar refractivity (Wildman–Crippen MR) is 122 cm³/mol. The van der Waals surface area contributed by atoms with Crippen LogP contribution in [0, 0.1) is 6.92 Å². The van der Waals surface area contributed by atoms with Gasteiger partial charge in [-0.15, -0.1) is 0 Å². The molecule has 1 amide bonds. The molecule has 6 heteroatoms. The number of carbonyl (C=O) groups excluding carboxylic acids is 1. The molecule has 162 valence electrons. The topological polar surface area (TPSA) is 68.8 Å². The molecule has 3 rings (SSSR count). The molecule has 0 heterocycles. The van der Waals surface area contributed by atoms with Crippen LogP contribution in [-0.4, -0.2) is 26.7 Å². The summed E-state index contributed by atoms with van der Waals surface area (Å²) in [5, 5.41) is 6.22. The molecule has 0 saturated heterocycles. The summed E-state index contributed by atoms with van der Waals surface area (Å²) in [6, 6.07) is 21.2. The number of nitrogens with one attached hydrogen (secondary N) is 2. The largest absolute Gasteiger partial charge is 0.496 e. The molecule has 0 atom stereocenters. The zero-order valence-electron chi connectivity index (χ0n) is 18.1. The van der Waals surface area contributed by atoms with Crippen molar-refractivity contribution in [2.75, 3.05) is 26.1 Å². The van der Waals surface area contributed by atoms with Crippen molar-refractivity contribution >= 4 is 11.6 Å². The SMILES string of the molecule is COc1ccccc1CNCc1ccc(OCC(=O)Nc2ccc(C)cc2)c(OC)c1. The number of hydrogen-bond donors (Lipinski definition) is 2. The summed E-state index contributed by atoms with van der Waals surface area (Å²) in [5.74, 6) is 1.74. The Kier molecular flexibility index (Phi) is 7.90. The zero-order valence-corrected chi connectivity index (χ0v) is 18.1. The highest BCUT2D eigenvalue weighted by molar-refractivity contribution is 5.91. The minimum absolute atomic E-state index is 0.102. The van der Waals surface area contributed by atoms with Crippen molar-refractivity contribution in [2.45, 2.75) is 20.0 Å². The maximum atomic E-state index is 12.2. The van der Waals surface area contributed by atoms with Gasteiger partial charge in [0.15, 0.2) is 18.1 Å². The number of rotatable bonds is 10. The third-order valence-electron chi connectivity index (χ3n) is 4.76. The molecule has 6 nitrogen and oxygen atoms in total. The van der Waals surface area contributed by atoms with E-state index in [4.69, 9.17) is 14.2 Å². The van der Waals surface area contributed by atoms with E-state index in [1.54, 1.807) is 14.2 Å². The monoisotopic (exact) mass is 420 g/mol. The summed E-state index contributed by atoms with van der Waals surface area (Å²) in [7, 11) is 3.25. The first-order valence-electron chi connectivity index (χ1n) is 10.1. The summed E-state index contributed by atoms with van der Waals surface area (Å²) in [5.41, 5.74) is 4.01. The van der Waals surface area contributed by atoms with Crippen molar-refractivity contribution in [1.29, 1.82) is 0 Å². The van der Waals surface area contributed by atoms with Crippen molar-refractivity contribution in [3.63, 3.8) is 0 Å². The Morgan fingerprint density at radius 1 is 0.839 bits per heavy atom. The lowest BCUT2D eigenvalue weighted by Crippen LogP contribution is -2.20. The van der Waals surface area contributed by atoms with E-state index in [1.807, 2.05) is 73.7 Å². The van der Waals surface area contributed by atoms with E-state index in [1.165, 1.54) is 0 Å². The molecule has 0 spiro atoms. The number of amides is 1. The van der Waals surface area contributed by atoms with Gasteiger partial charge in [-0.05, 0) is 42.8 Å². The van der Waals surface area contributed by atoms with Crippen molar-refractivity contribution in [3.8, 4) is 17.2 Å². The number of methoxy groups -OCH3 is 2. The minimum atomic E-state index is -0.228. The van der Waals surface area contributed by atoms with E-state index >= 15 is 0 Å². The number of para-hydroxylation sites is 1. The van der Waals surface area contributed by atoms with E-state index in [0.29, 0.717) is 24.6 Å². The van der Waals surface area contributed by atoms with E-state index in [2.05, 4.69) is 10.6 Å². The van der Waals surface area contributed by atoms with Crippen LogP contribution in [0.5, 0.6) is 17.2 Å². The highest BCUT2D eigenvalue weighted by atomic mass is 16.5. The van der Waals surface area contributed by atoms with Crippen LogP contribution in [0.4, 0.5) is 5.69 Å². The van der Waals surface area contributed by atoms with Gasteiger partial charge in [0, 0.05) is 24.3 Å². The molecular weight excluding hydrogens is 392 g/mol. The van der Waals surface area contributed by atoms with Crippen LogP contribution in [0.3, 0.4) is 0 Å². The molecule has 0 saturated carbocycles. The average molecular weight is 421 g/mol. The molecule has 0 fully saturated rings. The van der Waals surface area contributed by atoms with E-state index < -0.39 is 0 Å². The van der Waals surface area contributed by atoms with Gasteiger partial charge in [0.2, 0.25) is 0 Å².